The smallest absolute Gasteiger partial charge is 0.264 e. The van der Waals surface area contributed by atoms with Gasteiger partial charge in [-0.15, -0.1) is 0 Å². The van der Waals surface area contributed by atoms with Crippen molar-refractivity contribution in [1.82, 2.24) is 10.2 Å². The highest BCUT2D eigenvalue weighted by Crippen LogP contribution is 2.27. The van der Waals surface area contributed by atoms with Crippen LogP contribution in [0.5, 0.6) is 0 Å². The third-order valence-corrected chi connectivity index (χ3v) is 8.73. The van der Waals surface area contributed by atoms with Crippen molar-refractivity contribution in [1.29, 1.82) is 0 Å². The van der Waals surface area contributed by atoms with Crippen molar-refractivity contribution in [3.05, 3.63) is 95.1 Å². The largest absolute Gasteiger partial charge is 0.354 e. The van der Waals surface area contributed by atoms with Crippen molar-refractivity contribution < 1.29 is 18.0 Å². The number of rotatable bonds is 13. The third kappa shape index (κ3) is 7.72. The van der Waals surface area contributed by atoms with Crippen LogP contribution in [0.3, 0.4) is 0 Å². The summed E-state index contributed by atoms with van der Waals surface area (Å²) in [6, 6.07) is 20.7. The zero-order valence-electron chi connectivity index (χ0n) is 24.2. The molecule has 0 saturated heterocycles. The fraction of sp³-hybridized carbons (Fsp3) is 0.375. The van der Waals surface area contributed by atoms with Gasteiger partial charge in [0.2, 0.25) is 11.8 Å². The first-order valence-electron chi connectivity index (χ1n) is 13.9. The molecule has 7 nitrogen and oxygen atoms in total. The van der Waals surface area contributed by atoms with E-state index in [4.69, 9.17) is 0 Å². The van der Waals surface area contributed by atoms with Crippen LogP contribution >= 0.6 is 0 Å². The maximum Gasteiger partial charge on any atom is 0.264 e. The summed E-state index contributed by atoms with van der Waals surface area (Å²) in [7, 11) is -4.09. The fourth-order valence-corrected chi connectivity index (χ4v) is 5.99. The molecule has 0 aliphatic carbocycles. The van der Waals surface area contributed by atoms with Gasteiger partial charge in [-0.25, -0.2) is 8.42 Å². The zero-order valence-corrected chi connectivity index (χ0v) is 25.0. The van der Waals surface area contributed by atoms with Crippen molar-refractivity contribution >= 4 is 27.5 Å². The summed E-state index contributed by atoms with van der Waals surface area (Å²) < 4.78 is 29.1. The first-order valence-corrected chi connectivity index (χ1v) is 15.3. The lowest BCUT2D eigenvalue weighted by atomic mass is 10.1. The fourth-order valence-electron chi connectivity index (χ4n) is 4.51. The minimum atomic E-state index is -4.09. The molecule has 0 radical (unpaired) electrons. The Kier molecular flexibility index (Phi) is 10.9. The molecular weight excluding hydrogens is 522 g/mol. The van der Waals surface area contributed by atoms with E-state index in [9.17, 15) is 18.0 Å². The molecule has 0 aliphatic rings. The topological polar surface area (TPSA) is 86.8 Å². The Bertz CT molecular complexity index is 1390. The van der Waals surface area contributed by atoms with Gasteiger partial charge in [0.05, 0.1) is 10.6 Å². The molecule has 0 heterocycles. The number of anilines is 1. The molecule has 0 unspecified atom stereocenters. The van der Waals surface area contributed by atoms with Crippen LogP contribution in [0.15, 0.2) is 77.7 Å². The molecule has 3 aromatic carbocycles. The van der Waals surface area contributed by atoms with Gasteiger partial charge < -0.3 is 10.2 Å². The van der Waals surface area contributed by atoms with Gasteiger partial charge in [0.1, 0.15) is 12.6 Å². The highest BCUT2D eigenvalue weighted by molar-refractivity contribution is 7.92. The molecular formula is C32H41N3O4S. The number of aryl methyl sites for hydroxylation is 3. The second-order valence-corrected chi connectivity index (χ2v) is 12.0. The molecule has 1 N–H and O–H groups in total. The lowest BCUT2D eigenvalue weighted by Crippen LogP contribution is -2.52. The van der Waals surface area contributed by atoms with Crippen LogP contribution < -0.4 is 9.62 Å². The first-order chi connectivity index (χ1) is 19.1. The van der Waals surface area contributed by atoms with E-state index >= 15 is 0 Å². The predicted molar refractivity (Wildman–Crippen MR) is 161 cm³/mol. The van der Waals surface area contributed by atoms with E-state index in [1.54, 1.807) is 36.4 Å². The Balaban J connectivity index is 2.04. The number of hydrogen-bond donors (Lipinski definition) is 1. The molecule has 40 heavy (non-hydrogen) atoms. The number of amides is 2. The number of unbranched alkanes of at least 4 members (excludes halogenated alkanes) is 1. The van der Waals surface area contributed by atoms with Crippen LogP contribution in [-0.4, -0.2) is 44.3 Å². The monoisotopic (exact) mass is 563 g/mol. The van der Waals surface area contributed by atoms with E-state index < -0.39 is 28.5 Å². The molecule has 0 aromatic heterocycles. The molecule has 0 bridgehead atoms. The van der Waals surface area contributed by atoms with Crippen LogP contribution in [0.1, 0.15) is 55.4 Å². The Morgan fingerprint density at radius 3 is 2.02 bits per heavy atom. The van der Waals surface area contributed by atoms with E-state index in [1.807, 2.05) is 71.0 Å². The number of para-hydroxylation sites is 1. The predicted octanol–water partition coefficient (Wildman–Crippen LogP) is 5.53. The van der Waals surface area contributed by atoms with Crippen molar-refractivity contribution in [2.45, 2.75) is 71.4 Å². The van der Waals surface area contributed by atoms with Gasteiger partial charge in [0.15, 0.2) is 0 Å². The Hall–Kier alpha value is -3.65. The van der Waals surface area contributed by atoms with E-state index in [0.29, 0.717) is 18.7 Å². The number of hydrogen-bond acceptors (Lipinski definition) is 4. The molecule has 3 rings (SSSR count). The SMILES string of the molecule is CCCCNC(=O)[C@H](CC)N(Cc1ccc(C)cc1)C(=O)CN(c1ccccc1C)S(=O)(=O)c1ccc(C)cc1. The molecule has 214 valence electrons. The number of carbonyl (C=O) groups is 2. The highest BCUT2D eigenvalue weighted by Gasteiger charge is 2.34. The second-order valence-electron chi connectivity index (χ2n) is 10.2. The van der Waals surface area contributed by atoms with Crippen molar-refractivity contribution in [2.75, 3.05) is 17.4 Å². The number of benzene rings is 3. The molecule has 0 saturated carbocycles. The average molecular weight is 564 g/mol. The number of nitrogens with one attached hydrogen (secondary N) is 1. The summed E-state index contributed by atoms with van der Waals surface area (Å²) in [5, 5.41) is 2.96. The third-order valence-electron chi connectivity index (χ3n) is 6.96. The van der Waals surface area contributed by atoms with Gasteiger partial charge in [-0.2, -0.15) is 0 Å². The summed E-state index contributed by atoms with van der Waals surface area (Å²) in [4.78, 5) is 29.0. The van der Waals surface area contributed by atoms with E-state index in [1.165, 1.54) is 9.21 Å². The summed E-state index contributed by atoms with van der Waals surface area (Å²) in [5.41, 5.74) is 4.03. The zero-order chi connectivity index (χ0) is 29.3. The van der Waals surface area contributed by atoms with Gasteiger partial charge in [-0.3, -0.25) is 13.9 Å². The molecule has 2 amide bonds. The van der Waals surface area contributed by atoms with E-state index in [-0.39, 0.29) is 17.3 Å². The number of nitrogens with zero attached hydrogens (tertiary/aromatic N) is 2. The average Bonchev–Trinajstić information content (AvgIpc) is 2.93. The van der Waals surface area contributed by atoms with E-state index in [2.05, 4.69) is 5.32 Å². The number of carbonyl (C=O) groups excluding carboxylic acids is 2. The molecule has 8 heteroatoms. The van der Waals surface area contributed by atoms with Crippen LogP contribution in [-0.2, 0) is 26.2 Å². The van der Waals surface area contributed by atoms with E-state index in [0.717, 1.165) is 35.1 Å². The standard InChI is InChI=1S/C32H41N3O4S/c1-6-8-21-33-32(37)29(7-2)34(22-27-17-13-24(3)14-18-27)31(36)23-35(30-12-10-9-11-26(30)5)40(38,39)28-19-15-25(4)16-20-28/h9-20,29H,6-8,21-23H2,1-5H3,(H,33,37)/t29-/m0/s1. The van der Waals surface area contributed by atoms with Crippen molar-refractivity contribution in [2.24, 2.45) is 0 Å². The lowest BCUT2D eigenvalue weighted by Gasteiger charge is -2.33. The highest BCUT2D eigenvalue weighted by atomic mass is 32.2. The summed E-state index contributed by atoms with van der Waals surface area (Å²) in [6.45, 7) is 9.87. The molecule has 0 fully saturated rings. The lowest BCUT2D eigenvalue weighted by molar-refractivity contribution is -0.140. The van der Waals surface area contributed by atoms with Crippen molar-refractivity contribution in [3.8, 4) is 0 Å². The van der Waals surface area contributed by atoms with Crippen LogP contribution in [0.2, 0.25) is 0 Å². The molecule has 0 spiro atoms. The van der Waals surface area contributed by atoms with Gasteiger partial charge in [-0.1, -0.05) is 86.0 Å². The normalized spacial score (nSPS) is 12.0. The second kappa shape index (κ2) is 14.1. The molecule has 0 aliphatic heterocycles. The first kappa shape index (κ1) is 30.9. The molecule has 1 atom stereocenters. The van der Waals surface area contributed by atoms with Gasteiger partial charge in [0, 0.05) is 13.1 Å². The summed E-state index contributed by atoms with van der Waals surface area (Å²) in [5.74, 6) is -0.683. The van der Waals surface area contributed by atoms with Gasteiger partial charge in [-0.05, 0) is 62.9 Å². The minimum absolute atomic E-state index is 0.101. The van der Waals surface area contributed by atoms with Crippen LogP contribution in [0.4, 0.5) is 5.69 Å². The van der Waals surface area contributed by atoms with Crippen molar-refractivity contribution in [3.63, 3.8) is 0 Å². The Morgan fingerprint density at radius 2 is 1.45 bits per heavy atom. The van der Waals surface area contributed by atoms with Gasteiger partial charge in [0.25, 0.3) is 10.0 Å². The Labute approximate surface area is 239 Å². The Morgan fingerprint density at radius 1 is 0.850 bits per heavy atom. The quantitative estimate of drug-likeness (QED) is 0.277. The summed E-state index contributed by atoms with van der Waals surface area (Å²) >= 11 is 0. The van der Waals surface area contributed by atoms with Crippen LogP contribution in [0, 0.1) is 20.8 Å². The number of sulfonamides is 1. The maximum atomic E-state index is 14.1. The maximum absolute atomic E-state index is 14.1. The molecule has 3 aromatic rings. The minimum Gasteiger partial charge on any atom is -0.354 e. The van der Waals surface area contributed by atoms with Gasteiger partial charge >= 0.3 is 0 Å². The van der Waals surface area contributed by atoms with Crippen LogP contribution in [0.25, 0.3) is 0 Å². The summed E-state index contributed by atoms with van der Waals surface area (Å²) in [6.07, 6.45) is 2.17.